The maximum Gasteiger partial charge on any atom is 0.0885 e. The topological polar surface area (TPSA) is 60.8 Å². The maximum atomic E-state index is 7.75. The average Bonchev–Trinajstić information content (AvgIpc) is 3.36. The maximum absolute atomic E-state index is 7.75. The summed E-state index contributed by atoms with van der Waals surface area (Å²) in [6, 6.07) is 18.5. The van der Waals surface area contributed by atoms with Gasteiger partial charge in [0.1, 0.15) is 0 Å². The molecule has 0 N–H and O–H groups in total. The van der Waals surface area contributed by atoms with Crippen molar-refractivity contribution in [2.24, 2.45) is 23.7 Å². The Morgan fingerprint density at radius 3 is 1.09 bits per heavy atom. The van der Waals surface area contributed by atoms with E-state index in [-0.39, 0.29) is 12.2 Å². The lowest BCUT2D eigenvalue weighted by Crippen LogP contribution is -2.28. The van der Waals surface area contributed by atoms with E-state index in [2.05, 4.69) is 76.2 Å². The zero-order chi connectivity index (χ0) is 45.3. The first-order chi connectivity index (χ1) is 32.1. The first kappa shape index (κ1) is 51.0. The number of ether oxygens (including phenoxy) is 1. The minimum Gasteiger partial charge on any atom is -0.365 e. The number of aromatic nitrogens is 4. The van der Waals surface area contributed by atoms with Gasteiger partial charge >= 0.3 is 0 Å². The summed E-state index contributed by atoms with van der Waals surface area (Å²) in [6.07, 6.45) is 46.9. The van der Waals surface area contributed by atoms with Crippen molar-refractivity contribution >= 4 is 0 Å². The van der Waals surface area contributed by atoms with Crippen LogP contribution in [0.15, 0.2) is 73.3 Å². The predicted molar refractivity (Wildman–Crippen MR) is 275 cm³/mol. The third-order valence-electron chi connectivity index (χ3n) is 15.4. The standard InChI is InChI=1S/C60H90N4O/c1-5-9-13-15-17-19-21-25-55-43-63-57(45-61-55)49-35-39-53(40-36-49)59(51-31-27-47(28-32-51)23-11-7-3)65-60(52-33-29-48(30-34-52)24-12-8-4)54-41-37-50(38-42-54)58-46-62-56(44-64-58)26-22-20-18-16-14-10-6-2/h35-48,51-52,59-60H,5-34H2,1-4H3/t47-,48-,51-,52-,59?,60?. The quantitative estimate of drug-likeness (QED) is 0.0488. The molecule has 2 heterocycles. The molecule has 2 unspecified atom stereocenters. The van der Waals surface area contributed by atoms with Crippen molar-refractivity contribution in [2.45, 2.75) is 233 Å². The summed E-state index contributed by atoms with van der Waals surface area (Å²) in [5, 5.41) is 0. The van der Waals surface area contributed by atoms with Gasteiger partial charge in [-0.2, -0.15) is 0 Å². The summed E-state index contributed by atoms with van der Waals surface area (Å²) in [6.45, 7) is 9.24. The molecular formula is C60H90N4O. The minimum atomic E-state index is 0.0591. The minimum absolute atomic E-state index is 0.0591. The highest BCUT2D eigenvalue weighted by atomic mass is 16.5. The molecule has 0 spiro atoms. The van der Waals surface area contributed by atoms with Crippen LogP contribution in [0.25, 0.3) is 22.5 Å². The number of rotatable bonds is 30. The Morgan fingerprint density at radius 2 is 0.754 bits per heavy atom. The van der Waals surface area contributed by atoms with Crippen molar-refractivity contribution in [2.75, 3.05) is 0 Å². The van der Waals surface area contributed by atoms with Crippen LogP contribution in [0.1, 0.15) is 242 Å². The number of nitrogens with zero attached hydrogens (tertiary/aromatic N) is 4. The van der Waals surface area contributed by atoms with Gasteiger partial charge in [-0.05, 0) is 86.2 Å². The summed E-state index contributed by atoms with van der Waals surface area (Å²) < 4.78 is 7.75. The Kier molecular flexibility index (Phi) is 23.0. The summed E-state index contributed by atoms with van der Waals surface area (Å²) in [5.74, 6) is 2.76. The van der Waals surface area contributed by atoms with Gasteiger partial charge in [0, 0.05) is 23.5 Å². The summed E-state index contributed by atoms with van der Waals surface area (Å²) in [5.41, 5.74) is 9.05. The SMILES string of the molecule is CCCCCCCCCc1cnc(-c2ccc(C(OC(c3ccc(-c4cnc(CCCCCCCCC)cn4)cc3)[C@H]3CC[C@H](CCCC)CC3)[C@H]3CC[C@H](CCCC)CC3)cc2)cn1. The number of benzene rings is 2. The van der Waals surface area contributed by atoms with Crippen LogP contribution in [0.4, 0.5) is 0 Å². The Bertz CT molecular complexity index is 1670. The van der Waals surface area contributed by atoms with E-state index < -0.39 is 0 Å². The molecule has 0 bridgehead atoms. The van der Waals surface area contributed by atoms with Crippen molar-refractivity contribution < 1.29 is 4.74 Å². The molecular weight excluding hydrogens is 793 g/mol. The van der Waals surface area contributed by atoms with Gasteiger partial charge < -0.3 is 4.74 Å². The van der Waals surface area contributed by atoms with Crippen LogP contribution in [0.2, 0.25) is 0 Å². The number of aryl methyl sites for hydroxylation is 2. The molecule has 6 rings (SSSR count). The van der Waals surface area contributed by atoms with E-state index in [1.165, 1.54) is 191 Å². The van der Waals surface area contributed by atoms with E-state index in [0.717, 1.165) is 58.6 Å². The molecule has 0 amide bonds. The highest BCUT2D eigenvalue weighted by molar-refractivity contribution is 5.59. The fourth-order valence-corrected chi connectivity index (χ4v) is 11.1. The van der Waals surface area contributed by atoms with Crippen LogP contribution in [0.3, 0.4) is 0 Å². The molecule has 2 aliphatic carbocycles. The summed E-state index contributed by atoms with van der Waals surface area (Å²) in [4.78, 5) is 19.6. The van der Waals surface area contributed by atoms with E-state index in [4.69, 9.17) is 24.7 Å². The van der Waals surface area contributed by atoms with Crippen LogP contribution >= 0.6 is 0 Å². The van der Waals surface area contributed by atoms with Crippen molar-refractivity contribution in [3.63, 3.8) is 0 Å². The van der Waals surface area contributed by atoms with E-state index in [0.29, 0.717) is 11.8 Å². The number of hydrogen-bond donors (Lipinski definition) is 0. The first-order valence-corrected chi connectivity index (χ1v) is 27.6. The van der Waals surface area contributed by atoms with Crippen molar-refractivity contribution in [1.29, 1.82) is 0 Å². The Labute approximate surface area is 397 Å². The lowest BCUT2D eigenvalue weighted by Gasteiger charge is -2.40. The molecule has 5 nitrogen and oxygen atoms in total. The van der Waals surface area contributed by atoms with E-state index >= 15 is 0 Å². The van der Waals surface area contributed by atoms with Gasteiger partial charge in [0.2, 0.25) is 0 Å². The second-order valence-electron chi connectivity index (χ2n) is 20.6. The fourth-order valence-electron chi connectivity index (χ4n) is 11.1. The molecule has 65 heavy (non-hydrogen) atoms. The van der Waals surface area contributed by atoms with Gasteiger partial charge in [-0.25, -0.2) is 0 Å². The second kappa shape index (κ2) is 29.3. The molecule has 2 saturated carbocycles. The van der Waals surface area contributed by atoms with E-state index in [9.17, 15) is 0 Å². The molecule has 2 aliphatic rings. The number of unbranched alkanes of at least 4 members (excludes halogenated alkanes) is 14. The van der Waals surface area contributed by atoms with Crippen LogP contribution in [0.5, 0.6) is 0 Å². The van der Waals surface area contributed by atoms with Gasteiger partial charge in [-0.1, -0.05) is 217 Å². The van der Waals surface area contributed by atoms with Crippen LogP contribution in [-0.2, 0) is 17.6 Å². The zero-order valence-corrected chi connectivity index (χ0v) is 41.8. The molecule has 4 aromatic rings. The Balaban J connectivity index is 1.17. The zero-order valence-electron chi connectivity index (χ0n) is 41.8. The molecule has 5 heteroatoms. The molecule has 2 fully saturated rings. The molecule has 2 aromatic carbocycles. The van der Waals surface area contributed by atoms with E-state index in [1.807, 2.05) is 24.8 Å². The largest absolute Gasteiger partial charge is 0.365 e. The van der Waals surface area contributed by atoms with Gasteiger partial charge in [0.05, 0.1) is 47.4 Å². The Hall–Kier alpha value is -3.44. The van der Waals surface area contributed by atoms with Crippen molar-refractivity contribution in [3.8, 4) is 22.5 Å². The molecule has 0 radical (unpaired) electrons. The Morgan fingerprint density at radius 1 is 0.400 bits per heavy atom. The van der Waals surface area contributed by atoms with Crippen LogP contribution < -0.4 is 0 Å². The fraction of sp³-hybridized carbons (Fsp3) is 0.667. The van der Waals surface area contributed by atoms with Gasteiger partial charge in [0.15, 0.2) is 0 Å². The second-order valence-corrected chi connectivity index (χ2v) is 20.6. The van der Waals surface area contributed by atoms with Crippen molar-refractivity contribution in [3.05, 3.63) is 95.8 Å². The molecule has 0 aliphatic heterocycles. The molecule has 0 saturated heterocycles. The molecule has 2 atom stereocenters. The predicted octanol–water partition coefficient (Wildman–Crippen LogP) is 18.0. The molecule has 356 valence electrons. The average molecular weight is 883 g/mol. The van der Waals surface area contributed by atoms with Crippen LogP contribution in [-0.4, -0.2) is 19.9 Å². The first-order valence-electron chi connectivity index (χ1n) is 27.6. The van der Waals surface area contributed by atoms with Gasteiger partial charge in [-0.3, -0.25) is 19.9 Å². The van der Waals surface area contributed by atoms with Gasteiger partial charge in [0.25, 0.3) is 0 Å². The number of hydrogen-bond acceptors (Lipinski definition) is 5. The van der Waals surface area contributed by atoms with Crippen LogP contribution in [0, 0.1) is 23.7 Å². The van der Waals surface area contributed by atoms with E-state index in [1.54, 1.807) is 0 Å². The lowest BCUT2D eigenvalue weighted by molar-refractivity contribution is -0.0907. The monoisotopic (exact) mass is 883 g/mol. The molecule has 2 aromatic heterocycles. The summed E-state index contributed by atoms with van der Waals surface area (Å²) in [7, 11) is 0. The third kappa shape index (κ3) is 17.0. The summed E-state index contributed by atoms with van der Waals surface area (Å²) >= 11 is 0. The third-order valence-corrected chi connectivity index (χ3v) is 15.4. The normalized spacial score (nSPS) is 19.9. The lowest BCUT2D eigenvalue weighted by atomic mass is 9.74. The van der Waals surface area contributed by atoms with Gasteiger partial charge in [-0.15, -0.1) is 0 Å². The highest BCUT2D eigenvalue weighted by Gasteiger charge is 2.36. The smallest absolute Gasteiger partial charge is 0.0885 e. The highest BCUT2D eigenvalue weighted by Crippen LogP contribution is 2.47. The van der Waals surface area contributed by atoms with Crippen molar-refractivity contribution in [1.82, 2.24) is 19.9 Å².